The van der Waals surface area contributed by atoms with E-state index in [1.807, 2.05) is 36.4 Å². The number of carbonyl (C=O) groups excluding carboxylic acids is 1. The number of amides is 1. The van der Waals surface area contributed by atoms with Gasteiger partial charge in [-0.05, 0) is 39.9 Å². The van der Waals surface area contributed by atoms with Crippen molar-refractivity contribution >= 4 is 12.1 Å². The number of morpholine rings is 1. The van der Waals surface area contributed by atoms with Crippen molar-refractivity contribution < 1.29 is 33.6 Å². The molecule has 1 aliphatic carbocycles. The zero-order valence-corrected chi connectivity index (χ0v) is 22.5. The van der Waals surface area contributed by atoms with Gasteiger partial charge in [-0.15, -0.1) is 0 Å². The van der Waals surface area contributed by atoms with Gasteiger partial charge in [0.2, 0.25) is 0 Å². The fourth-order valence-electron chi connectivity index (χ4n) is 5.29. The Morgan fingerprint density at radius 3 is 2.33 bits per heavy atom. The van der Waals surface area contributed by atoms with Gasteiger partial charge in [0, 0.05) is 32.0 Å². The average molecular weight is 547 g/mol. The number of nitrogens with one attached hydrogen (secondary N) is 1. The van der Waals surface area contributed by atoms with Crippen LogP contribution in [0.1, 0.15) is 22.6 Å². The molecule has 1 heterocycles. The van der Waals surface area contributed by atoms with Crippen molar-refractivity contribution in [3.63, 3.8) is 0 Å². The molecule has 1 aliphatic heterocycles. The maximum atomic E-state index is 12.7. The first-order valence-corrected chi connectivity index (χ1v) is 13.5. The number of methoxy groups -OCH3 is 1. The van der Waals surface area contributed by atoms with Crippen LogP contribution in [-0.4, -0.2) is 81.3 Å². The van der Waals surface area contributed by atoms with Crippen molar-refractivity contribution in [3.8, 4) is 22.6 Å². The van der Waals surface area contributed by atoms with E-state index in [9.17, 15) is 14.7 Å². The number of nitrogens with zero attached hydrogens (tertiary/aromatic N) is 1. The highest BCUT2D eigenvalue weighted by atomic mass is 16.5. The number of rotatable bonds is 11. The molecule has 210 valence electrons. The highest BCUT2D eigenvalue weighted by Crippen LogP contribution is 2.44. The van der Waals surface area contributed by atoms with Crippen LogP contribution in [0.2, 0.25) is 0 Å². The molecule has 0 spiro atoms. The lowest BCUT2D eigenvalue weighted by molar-refractivity contribution is -0.139. The number of alkyl carbamates (subject to hydrolysis) is 1. The molecule has 2 aliphatic rings. The largest absolute Gasteiger partial charge is 0.493 e. The van der Waals surface area contributed by atoms with Gasteiger partial charge in [-0.3, -0.25) is 4.90 Å². The summed E-state index contributed by atoms with van der Waals surface area (Å²) in [4.78, 5) is 27.0. The number of aliphatic carboxylic acids is 1. The van der Waals surface area contributed by atoms with E-state index in [4.69, 9.17) is 18.9 Å². The predicted molar refractivity (Wildman–Crippen MR) is 149 cm³/mol. The molecular weight excluding hydrogens is 512 g/mol. The van der Waals surface area contributed by atoms with E-state index in [0.29, 0.717) is 23.7 Å². The van der Waals surface area contributed by atoms with Gasteiger partial charge < -0.3 is 29.4 Å². The fourth-order valence-corrected chi connectivity index (χ4v) is 5.29. The maximum Gasteiger partial charge on any atom is 0.407 e. The summed E-state index contributed by atoms with van der Waals surface area (Å²) in [6.45, 7) is 4.60. The van der Waals surface area contributed by atoms with Crippen LogP contribution in [0.4, 0.5) is 4.79 Å². The third-order valence-electron chi connectivity index (χ3n) is 7.37. The van der Waals surface area contributed by atoms with Crippen molar-refractivity contribution in [2.24, 2.45) is 0 Å². The fraction of sp³-hybridized carbons (Fsp3) is 0.355. The molecule has 2 N–H and O–H groups in total. The Kier molecular flexibility index (Phi) is 8.83. The zero-order valence-electron chi connectivity index (χ0n) is 22.5. The summed E-state index contributed by atoms with van der Waals surface area (Å²) in [5.74, 6) is -0.180. The van der Waals surface area contributed by atoms with Crippen molar-refractivity contribution in [2.45, 2.75) is 18.4 Å². The summed E-state index contributed by atoms with van der Waals surface area (Å²) < 4.78 is 22.3. The van der Waals surface area contributed by atoms with Crippen LogP contribution in [0, 0.1) is 0 Å². The molecule has 0 bridgehead atoms. The quantitative estimate of drug-likeness (QED) is 0.373. The van der Waals surface area contributed by atoms with Gasteiger partial charge in [-0.1, -0.05) is 54.6 Å². The second-order valence-electron chi connectivity index (χ2n) is 9.85. The molecule has 5 rings (SSSR count). The van der Waals surface area contributed by atoms with Gasteiger partial charge in [-0.2, -0.15) is 0 Å². The lowest BCUT2D eigenvalue weighted by atomic mass is 9.98. The Bertz CT molecular complexity index is 1290. The number of carboxylic acid groups (broad SMARTS) is 1. The summed E-state index contributed by atoms with van der Waals surface area (Å²) in [6.07, 6.45) is -0.714. The molecule has 1 fully saturated rings. The number of carboxylic acids is 1. The van der Waals surface area contributed by atoms with Crippen molar-refractivity contribution in [3.05, 3.63) is 83.4 Å². The van der Waals surface area contributed by atoms with E-state index in [-0.39, 0.29) is 18.9 Å². The molecule has 1 atom stereocenters. The Morgan fingerprint density at radius 1 is 1.00 bits per heavy atom. The Hall–Kier alpha value is -4.08. The van der Waals surface area contributed by atoms with Crippen LogP contribution >= 0.6 is 0 Å². The zero-order chi connectivity index (χ0) is 27.9. The first-order valence-electron chi connectivity index (χ1n) is 13.5. The molecule has 1 saturated heterocycles. The third kappa shape index (κ3) is 6.38. The molecule has 3 aromatic carbocycles. The van der Waals surface area contributed by atoms with Crippen LogP contribution in [0.25, 0.3) is 11.1 Å². The molecule has 0 aromatic heterocycles. The van der Waals surface area contributed by atoms with Crippen molar-refractivity contribution in [2.75, 3.05) is 53.2 Å². The number of ether oxygens (including phenoxy) is 4. The van der Waals surface area contributed by atoms with E-state index >= 15 is 0 Å². The van der Waals surface area contributed by atoms with Gasteiger partial charge in [0.25, 0.3) is 0 Å². The van der Waals surface area contributed by atoms with E-state index in [1.54, 1.807) is 18.2 Å². The van der Waals surface area contributed by atoms with E-state index in [0.717, 1.165) is 55.1 Å². The summed E-state index contributed by atoms with van der Waals surface area (Å²) in [6, 6.07) is 20.2. The normalized spacial score (nSPS) is 15.5. The first-order chi connectivity index (χ1) is 19.5. The van der Waals surface area contributed by atoms with Gasteiger partial charge in [-0.25, -0.2) is 9.59 Å². The standard InChI is InChI=1S/C31H34N2O7/c1-37-29-19-21(10-11-28(29)39-17-14-33-12-15-38-16-13-33)18-27(30(34)35)32-31(36)40-20-26-24-8-4-2-6-22(24)23-7-3-5-9-25(23)26/h2-11,19,26-27H,12-18,20H2,1H3,(H,32,36)(H,34,35). The molecule has 1 unspecified atom stereocenters. The predicted octanol–water partition coefficient (Wildman–Crippen LogP) is 3.94. The average Bonchev–Trinajstić information content (AvgIpc) is 3.30. The Labute approximate surface area is 233 Å². The minimum absolute atomic E-state index is 0.0595. The smallest absolute Gasteiger partial charge is 0.407 e. The number of fused-ring (bicyclic) bond motifs is 3. The number of hydrogen-bond acceptors (Lipinski definition) is 7. The molecule has 40 heavy (non-hydrogen) atoms. The highest BCUT2D eigenvalue weighted by Gasteiger charge is 2.30. The Morgan fingerprint density at radius 2 is 1.68 bits per heavy atom. The molecule has 0 radical (unpaired) electrons. The molecule has 9 heteroatoms. The van der Waals surface area contributed by atoms with Crippen molar-refractivity contribution in [1.82, 2.24) is 10.2 Å². The molecule has 1 amide bonds. The van der Waals surface area contributed by atoms with Crippen molar-refractivity contribution in [1.29, 1.82) is 0 Å². The minimum atomic E-state index is -1.17. The van der Waals surface area contributed by atoms with Crippen LogP contribution in [0.15, 0.2) is 66.7 Å². The minimum Gasteiger partial charge on any atom is -0.493 e. The second kappa shape index (κ2) is 12.8. The van der Waals surface area contributed by atoms with Crippen LogP contribution in [0.5, 0.6) is 11.5 Å². The van der Waals surface area contributed by atoms with Crippen LogP contribution in [-0.2, 0) is 20.7 Å². The maximum absolute atomic E-state index is 12.7. The summed E-state index contributed by atoms with van der Waals surface area (Å²) in [5.41, 5.74) is 5.11. The second-order valence-corrected chi connectivity index (χ2v) is 9.85. The number of benzene rings is 3. The van der Waals surface area contributed by atoms with Crippen LogP contribution < -0.4 is 14.8 Å². The summed E-state index contributed by atoms with van der Waals surface area (Å²) >= 11 is 0. The van der Waals surface area contributed by atoms with Gasteiger partial charge in [0.05, 0.1) is 20.3 Å². The summed E-state index contributed by atoms with van der Waals surface area (Å²) in [5, 5.41) is 12.3. The third-order valence-corrected chi connectivity index (χ3v) is 7.37. The SMILES string of the molecule is COc1cc(CC(NC(=O)OCC2c3ccccc3-c3ccccc32)C(=O)O)ccc1OCCN1CCOCC1. The Balaban J connectivity index is 1.17. The first kappa shape index (κ1) is 27.5. The lowest BCUT2D eigenvalue weighted by Gasteiger charge is -2.26. The van der Waals surface area contributed by atoms with Gasteiger partial charge in [0.1, 0.15) is 19.3 Å². The van der Waals surface area contributed by atoms with Gasteiger partial charge >= 0.3 is 12.1 Å². The van der Waals surface area contributed by atoms with E-state index in [2.05, 4.69) is 22.3 Å². The highest BCUT2D eigenvalue weighted by molar-refractivity contribution is 5.81. The molecular formula is C31H34N2O7. The number of hydrogen-bond donors (Lipinski definition) is 2. The van der Waals surface area contributed by atoms with E-state index in [1.165, 1.54) is 7.11 Å². The monoisotopic (exact) mass is 546 g/mol. The molecule has 3 aromatic rings. The topological polar surface area (TPSA) is 107 Å². The van der Waals surface area contributed by atoms with Gasteiger partial charge in [0.15, 0.2) is 11.5 Å². The van der Waals surface area contributed by atoms with Crippen LogP contribution in [0.3, 0.4) is 0 Å². The van der Waals surface area contributed by atoms with E-state index < -0.39 is 18.1 Å². The molecule has 0 saturated carbocycles. The summed E-state index contributed by atoms with van der Waals surface area (Å²) in [7, 11) is 1.54. The lowest BCUT2D eigenvalue weighted by Crippen LogP contribution is -2.42. The number of carbonyl (C=O) groups is 2. The molecule has 9 nitrogen and oxygen atoms in total.